The Bertz CT molecular complexity index is 169. The first kappa shape index (κ1) is 12.7. The van der Waals surface area contributed by atoms with E-state index in [4.69, 9.17) is 5.73 Å². The number of rotatable bonds is 2. The van der Waals surface area contributed by atoms with Gasteiger partial charge in [0.2, 0.25) is 0 Å². The molecule has 0 spiro atoms. The summed E-state index contributed by atoms with van der Waals surface area (Å²) < 4.78 is 0.681. The summed E-state index contributed by atoms with van der Waals surface area (Å²) in [6, 6.07) is 0.449. The van der Waals surface area contributed by atoms with Crippen molar-refractivity contribution < 1.29 is 0 Å². The Hall–Kier alpha value is 0.650. The maximum Gasteiger partial charge on any atom is 0.0623 e. The molecule has 1 atom stereocenters. The van der Waals surface area contributed by atoms with Crippen molar-refractivity contribution in [2.45, 2.75) is 50.1 Å². The van der Waals surface area contributed by atoms with E-state index in [0.717, 1.165) is 0 Å². The number of hydrogen-bond acceptors (Lipinski definition) is 2. The molecular weight excluding hydrogens is 287 g/mol. The SMILES string of the molecule is CC(C)(C)C[C@H](I)N1CCC(N)CC1. The van der Waals surface area contributed by atoms with Gasteiger partial charge < -0.3 is 5.73 Å². The number of halogens is 1. The van der Waals surface area contributed by atoms with Crippen molar-refractivity contribution in [1.29, 1.82) is 0 Å². The van der Waals surface area contributed by atoms with E-state index in [0.29, 0.717) is 15.5 Å². The van der Waals surface area contributed by atoms with Gasteiger partial charge in [-0.3, -0.25) is 4.90 Å². The number of alkyl halides is 1. The van der Waals surface area contributed by atoms with Crippen molar-refractivity contribution in [2.24, 2.45) is 11.1 Å². The van der Waals surface area contributed by atoms with Crippen LogP contribution in [0.3, 0.4) is 0 Å². The minimum Gasteiger partial charge on any atom is -0.328 e. The minimum absolute atomic E-state index is 0.436. The first-order valence-corrected chi connectivity index (χ1v) is 6.77. The van der Waals surface area contributed by atoms with Crippen LogP contribution in [0, 0.1) is 5.41 Å². The Morgan fingerprint density at radius 3 is 2.29 bits per heavy atom. The van der Waals surface area contributed by atoms with Crippen LogP contribution in [-0.2, 0) is 0 Å². The van der Waals surface area contributed by atoms with Gasteiger partial charge in [-0.2, -0.15) is 0 Å². The van der Waals surface area contributed by atoms with Gasteiger partial charge in [-0.15, -0.1) is 0 Å². The third kappa shape index (κ3) is 4.45. The lowest BCUT2D eigenvalue weighted by Gasteiger charge is -2.36. The summed E-state index contributed by atoms with van der Waals surface area (Å²) in [5, 5.41) is 0. The number of likely N-dealkylation sites (tertiary alicyclic amines) is 1. The quantitative estimate of drug-likeness (QED) is 0.483. The van der Waals surface area contributed by atoms with Crippen molar-refractivity contribution in [2.75, 3.05) is 13.1 Å². The van der Waals surface area contributed by atoms with E-state index in [1.807, 2.05) is 0 Å². The maximum atomic E-state index is 5.90. The van der Waals surface area contributed by atoms with E-state index < -0.39 is 0 Å². The van der Waals surface area contributed by atoms with Crippen LogP contribution >= 0.6 is 22.6 Å². The van der Waals surface area contributed by atoms with Crippen molar-refractivity contribution in [3.63, 3.8) is 0 Å². The molecule has 0 aromatic carbocycles. The van der Waals surface area contributed by atoms with Gasteiger partial charge in [0.1, 0.15) is 0 Å². The molecule has 1 saturated heterocycles. The molecule has 1 heterocycles. The Labute approximate surface area is 102 Å². The second-order valence-electron chi connectivity index (χ2n) is 5.57. The van der Waals surface area contributed by atoms with Crippen LogP contribution in [0.4, 0.5) is 0 Å². The summed E-state index contributed by atoms with van der Waals surface area (Å²) in [6.07, 6.45) is 3.61. The molecule has 0 amide bonds. The molecule has 1 aliphatic rings. The van der Waals surface area contributed by atoms with Gasteiger partial charge in [-0.25, -0.2) is 0 Å². The monoisotopic (exact) mass is 310 g/mol. The van der Waals surface area contributed by atoms with E-state index in [-0.39, 0.29) is 0 Å². The molecule has 0 radical (unpaired) electrons. The zero-order chi connectivity index (χ0) is 10.8. The first-order chi connectivity index (χ1) is 6.38. The molecular formula is C11H23IN2. The molecule has 1 aliphatic heterocycles. The molecule has 2 N–H and O–H groups in total. The molecule has 1 rings (SSSR count). The highest BCUT2D eigenvalue weighted by atomic mass is 127. The third-order valence-corrected chi connectivity index (χ3v) is 3.98. The van der Waals surface area contributed by atoms with Crippen LogP contribution in [0.5, 0.6) is 0 Å². The molecule has 14 heavy (non-hydrogen) atoms. The van der Waals surface area contributed by atoms with Gasteiger partial charge in [-0.1, -0.05) is 43.4 Å². The lowest BCUT2D eigenvalue weighted by molar-refractivity contribution is 0.175. The molecule has 0 aromatic rings. The highest BCUT2D eigenvalue weighted by Gasteiger charge is 2.25. The molecule has 0 aliphatic carbocycles. The van der Waals surface area contributed by atoms with Gasteiger partial charge in [-0.05, 0) is 24.7 Å². The van der Waals surface area contributed by atoms with Crippen LogP contribution in [0.15, 0.2) is 0 Å². The van der Waals surface area contributed by atoms with Crippen LogP contribution in [0.1, 0.15) is 40.0 Å². The summed E-state index contributed by atoms with van der Waals surface area (Å²) in [7, 11) is 0. The van der Waals surface area contributed by atoms with Gasteiger partial charge in [0, 0.05) is 19.1 Å². The lowest BCUT2D eigenvalue weighted by atomic mass is 9.91. The highest BCUT2D eigenvalue weighted by Crippen LogP contribution is 2.28. The number of hydrogen-bond donors (Lipinski definition) is 1. The fourth-order valence-corrected chi connectivity index (χ4v) is 3.71. The standard InChI is InChI=1S/C11H23IN2/c1-11(2,3)8-10(12)14-6-4-9(13)5-7-14/h9-10H,4-8,13H2,1-3H3/t10-/m1/s1. The fourth-order valence-electron chi connectivity index (χ4n) is 1.83. The van der Waals surface area contributed by atoms with Crippen molar-refractivity contribution in [3.05, 3.63) is 0 Å². The van der Waals surface area contributed by atoms with Crippen LogP contribution in [0.2, 0.25) is 0 Å². The van der Waals surface area contributed by atoms with Crippen molar-refractivity contribution in [1.82, 2.24) is 4.90 Å². The highest BCUT2D eigenvalue weighted by molar-refractivity contribution is 14.1. The normalized spacial score (nSPS) is 23.8. The van der Waals surface area contributed by atoms with Gasteiger partial charge in [0.15, 0.2) is 0 Å². The fraction of sp³-hybridized carbons (Fsp3) is 1.00. The van der Waals surface area contributed by atoms with Gasteiger partial charge >= 0.3 is 0 Å². The summed E-state index contributed by atoms with van der Waals surface area (Å²) in [5.74, 6) is 0. The maximum absolute atomic E-state index is 5.90. The van der Waals surface area contributed by atoms with Crippen LogP contribution in [0.25, 0.3) is 0 Å². The average Bonchev–Trinajstić information content (AvgIpc) is 2.02. The minimum atomic E-state index is 0.436. The molecule has 0 bridgehead atoms. The molecule has 0 unspecified atom stereocenters. The summed E-state index contributed by atoms with van der Waals surface area (Å²) >= 11 is 2.58. The number of nitrogens with two attached hydrogens (primary N) is 1. The van der Waals surface area contributed by atoms with Crippen LogP contribution < -0.4 is 5.73 Å². The topological polar surface area (TPSA) is 29.3 Å². The number of piperidine rings is 1. The Kier molecular flexibility index (Phi) is 4.65. The largest absolute Gasteiger partial charge is 0.328 e. The molecule has 84 valence electrons. The summed E-state index contributed by atoms with van der Waals surface area (Å²) in [5.41, 5.74) is 6.33. The van der Waals surface area contributed by atoms with Crippen molar-refractivity contribution >= 4 is 22.6 Å². The molecule has 3 heteroatoms. The molecule has 0 saturated carbocycles. The Balaban J connectivity index is 2.34. The first-order valence-electron chi connectivity index (χ1n) is 5.52. The molecule has 1 fully saturated rings. The van der Waals surface area contributed by atoms with E-state index in [1.165, 1.54) is 32.4 Å². The zero-order valence-corrected chi connectivity index (χ0v) is 11.8. The van der Waals surface area contributed by atoms with E-state index in [9.17, 15) is 0 Å². The van der Waals surface area contributed by atoms with Gasteiger partial charge in [0.05, 0.1) is 4.05 Å². The smallest absolute Gasteiger partial charge is 0.0623 e. The van der Waals surface area contributed by atoms with Gasteiger partial charge in [0.25, 0.3) is 0 Å². The summed E-state index contributed by atoms with van der Waals surface area (Å²) in [4.78, 5) is 2.58. The Morgan fingerprint density at radius 2 is 1.86 bits per heavy atom. The van der Waals surface area contributed by atoms with Crippen molar-refractivity contribution in [3.8, 4) is 0 Å². The second-order valence-corrected chi connectivity index (χ2v) is 7.01. The van der Waals surface area contributed by atoms with Crippen LogP contribution in [-0.4, -0.2) is 28.1 Å². The zero-order valence-electron chi connectivity index (χ0n) is 9.59. The summed E-state index contributed by atoms with van der Waals surface area (Å²) in [6.45, 7) is 9.31. The second kappa shape index (κ2) is 5.12. The van der Waals surface area contributed by atoms with E-state index >= 15 is 0 Å². The average molecular weight is 310 g/mol. The predicted octanol–water partition coefficient (Wildman–Crippen LogP) is 2.61. The lowest BCUT2D eigenvalue weighted by Crippen LogP contribution is -2.43. The molecule has 2 nitrogen and oxygen atoms in total. The van der Waals surface area contributed by atoms with E-state index in [2.05, 4.69) is 48.3 Å². The number of nitrogens with zero attached hydrogens (tertiary/aromatic N) is 1. The van der Waals surface area contributed by atoms with E-state index in [1.54, 1.807) is 0 Å². The third-order valence-electron chi connectivity index (χ3n) is 2.75. The Morgan fingerprint density at radius 1 is 1.36 bits per heavy atom. The predicted molar refractivity (Wildman–Crippen MR) is 70.7 cm³/mol. The molecule has 0 aromatic heterocycles.